The van der Waals surface area contributed by atoms with E-state index in [-0.39, 0.29) is 11.8 Å². The predicted octanol–water partition coefficient (Wildman–Crippen LogP) is 4.07. The molecule has 7 nitrogen and oxygen atoms in total. The fourth-order valence-electron chi connectivity index (χ4n) is 3.30. The number of carbonyl (C=O) groups is 1. The third-order valence-corrected chi connectivity index (χ3v) is 7.21. The Kier molecular flexibility index (Phi) is 7.19. The number of sulfone groups is 1. The van der Waals surface area contributed by atoms with Crippen LogP contribution >= 0.6 is 0 Å². The van der Waals surface area contributed by atoms with Gasteiger partial charge >= 0.3 is 6.03 Å². The van der Waals surface area contributed by atoms with E-state index in [0.29, 0.717) is 44.0 Å². The van der Waals surface area contributed by atoms with Gasteiger partial charge in [0.2, 0.25) is 0 Å². The molecule has 0 bridgehead atoms. The van der Waals surface area contributed by atoms with Gasteiger partial charge in [-0.3, -0.25) is 0 Å². The lowest BCUT2D eigenvalue weighted by atomic mass is 10.1. The first-order valence-corrected chi connectivity index (χ1v) is 11.7. The van der Waals surface area contributed by atoms with Crippen LogP contribution in [0.1, 0.15) is 38.4 Å². The van der Waals surface area contributed by atoms with Crippen molar-refractivity contribution in [1.82, 2.24) is 4.90 Å². The Bertz CT molecular complexity index is 870. The highest BCUT2D eigenvalue weighted by molar-refractivity contribution is 7.91. The van der Waals surface area contributed by atoms with Gasteiger partial charge in [0.25, 0.3) is 0 Å². The van der Waals surface area contributed by atoms with E-state index in [2.05, 4.69) is 12.2 Å². The summed E-state index contributed by atoms with van der Waals surface area (Å²) in [7, 11) is -3.29. The molecule has 0 atom stereocenters. The zero-order chi connectivity index (χ0) is 20.7. The summed E-state index contributed by atoms with van der Waals surface area (Å²) < 4.78 is 35.9. The maximum absolute atomic E-state index is 12.6. The molecule has 3 rings (SSSR count). The highest BCUT2D eigenvalue weighted by Gasteiger charge is 2.32. The van der Waals surface area contributed by atoms with Gasteiger partial charge in [0.05, 0.1) is 18.1 Å². The molecule has 2 aromatic rings. The van der Waals surface area contributed by atoms with Crippen LogP contribution in [-0.4, -0.2) is 44.3 Å². The van der Waals surface area contributed by atoms with Gasteiger partial charge < -0.3 is 19.4 Å². The minimum absolute atomic E-state index is 0.0937. The van der Waals surface area contributed by atoms with Crippen molar-refractivity contribution in [2.45, 2.75) is 43.6 Å². The molecule has 0 radical (unpaired) electrons. The standard InChI is InChI=1S/C21H28N2O5S/c1-2-3-14-27-18-8-6-17(7-9-18)22-21(24)23-12-10-20(11-13-23)29(25,26)16-19-5-4-15-28-19/h4-9,15,20H,2-3,10-14,16H2,1H3,(H,22,24). The number of nitrogens with zero attached hydrogens (tertiary/aromatic N) is 1. The third-order valence-electron chi connectivity index (χ3n) is 5.03. The summed E-state index contributed by atoms with van der Waals surface area (Å²) in [5.74, 6) is 1.13. The first-order valence-electron chi connectivity index (χ1n) is 10.0. The second-order valence-corrected chi connectivity index (χ2v) is 9.51. The van der Waals surface area contributed by atoms with Crippen molar-refractivity contribution in [3.05, 3.63) is 48.4 Å². The molecule has 1 fully saturated rings. The molecule has 1 aliphatic heterocycles. The van der Waals surface area contributed by atoms with Crippen LogP contribution in [-0.2, 0) is 15.6 Å². The summed E-state index contributed by atoms with van der Waals surface area (Å²) in [5, 5.41) is 2.42. The normalized spacial score (nSPS) is 15.3. The molecule has 0 aliphatic carbocycles. The topological polar surface area (TPSA) is 88.9 Å². The van der Waals surface area contributed by atoms with E-state index in [0.717, 1.165) is 18.6 Å². The van der Waals surface area contributed by atoms with Gasteiger partial charge in [0, 0.05) is 18.8 Å². The summed E-state index contributed by atoms with van der Waals surface area (Å²) in [6.45, 7) is 3.61. The minimum Gasteiger partial charge on any atom is -0.494 e. The molecule has 158 valence electrons. The molecule has 1 aromatic heterocycles. The lowest BCUT2D eigenvalue weighted by Crippen LogP contribution is -2.44. The largest absolute Gasteiger partial charge is 0.494 e. The van der Waals surface area contributed by atoms with Gasteiger partial charge in [-0.15, -0.1) is 0 Å². The monoisotopic (exact) mass is 420 g/mol. The van der Waals surface area contributed by atoms with Crippen LogP contribution in [0.3, 0.4) is 0 Å². The number of piperidine rings is 1. The molecule has 1 N–H and O–H groups in total. The minimum atomic E-state index is -3.29. The molecular weight excluding hydrogens is 392 g/mol. The number of amides is 2. The number of anilines is 1. The van der Waals surface area contributed by atoms with Crippen molar-refractivity contribution in [2.75, 3.05) is 25.0 Å². The quantitative estimate of drug-likeness (QED) is 0.650. The molecule has 1 aliphatic rings. The number of carbonyl (C=O) groups excluding carboxylic acids is 1. The van der Waals surface area contributed by atoms with Gasteiger partial charge in [-0.2, -0.15) is 0 Å². The summed E-state index contributed by atoms with van der Waals surface area (Å²) >= 11 is 0. The van der Waals surface area contributed by atoms with Crippen LogP contribution < -0.4 is 10.1 Å². The van der Waals surface area contributed by atoms with Gasteiger partial charge in [-0.1, -0.05) is 13.3 Å². The Hall–Kier alpha value is -2.48. The molecule has 29 heavy (non-hydrogen) atoms. The number of rotatable bonds is 8. The second kappa shape index (κ2) is 9.82. The number of nitrogens with one attached hydrogen (secondary N) is 1. The zero-order valence-corrected chi connectivity index (χ0v) is 17.5. The average molecular weight is 421 g/mol. The molecule has 8 heteroatoms. The summed E-state index contributed by atoms with van der Waals surface area (Å²) in [4.78, 5) is 14.2. The molecular formula is C21H28N2O5S. The Morgan fingerprint density at radius 3 is 2.55 bits per heavy atom. The average Bonchev–Trinajstić information content (AvgIpc) is 3.22. The second-order valence-electron chi connectivity index (χ2n) is 7.23. The molecule has 2 heterocycles. The van der Waals surface area contributed by atoms with E-state index >= 15 is 0 Å². The third kappa shape index (κ3) is 6.00. The SMILES string of the molecule is CCCCOc1ccc(NC(=O)N2CCC(S(=O)(=O)Cc3ccco3)CC2)cc1. The van der Waals surface area contributed by atoms with Crippen LogP contribution in [0.4, 0.5) is 10.5 Å². The number of hydrogen-bond acceptors (Lipinski definition) is 5. The van der Waals surface area contributed by atoms with Crippen molar-refractivity contribution >= 4 is 21.6 Å². The van der Waals surface area contributed by atoms with E-state index in [1.54, 1.807) is 29.2 Å². The van der Waals surface area contributed by atoms with E-state index < -0.39 is 15.1 Å². The number of hydrogen-bond donors (Lipinski definition) is 1. The van der Waals surface area contributed by atoms with E-state index in [1.807, 2.05) is 12.1 Å². The van der Waals surface area contributed by atoms with Crippen LogP contribution in [0.15, 0.2) is 47.1 Å². The maximum Gasteiger partial charge on any atom is 0.321 e. The fraction of sp³-hybridized carbons (Fsp3) is 0.476. The number of likely N-dealkylation sites (tertiary alicyclic amines) is 1. The number of ether oxygens (including phenoxy) is 1. The van der Waals surface area contributed by atoms with Gasteiger partial charge in [-0.25, -0.2) is 13.2 Å². The van der Waals surface area contributed by atoms with Crippen molar-refractivity contribution in [3.8, 4) is 5.75 Å². The summed E-state index contributed by atoms with van der Waals surface area (Å²) in [5.41, 5.74) is 0.686. The number of urea groups is 1. The Balaban J connectivity index is 1.47. The molecule has 1 saturated heterocycles. The van der Waals surface area contributed by atoms with Crippen LogP contribution in [0.2, 0.25) is 0 Å². The van der Waals surface area contributed by atoms with Crippen LogP contribution in [0, 0.1) is 0 Å². The molecule has 2 amide bonds. The molecule has 0 saturated carbocycles. The van der Waals surface area contributed by atoms with Crippen LogP contribution in [0.5, 0.6) is 5.75 Å². The van der Waals surface area contributed by atoms with E-state index in [4.69, 9.17) is 9.15 Å². The zero-order valence-electron chi connectivity index (χ0n) is 16.7. The first-order chi connectivity index (χ1) is 14.0. The summed E-state index contributed by atoms with van der Waals surface area (Å²) in [6, 6.07) is 10.4. The lowest BCUT2D eigenvalue weighted by Gasteiger charge is -2.31. The highest BCUT2D eigenvalue weighted by Crippen LogP contribution is 2.23. The van der Waals surface area contributed by atoms with Crippen molar-refractivity contribution in [2.24, 2.45) is 0 Å². The Morgan fingerprint density at radius 1 is 1.21 bits per heavy atom. The fourth-order valence-corrected chi connectivity index (χ4v) is 5.03. The van der Waals surface area contributed by atoms with Gasteiger partial charge in [0.1, 0.15) is 17.3 Å². The lowest BCUT2D eigenvalue weighted by molar-refractivity contribution is 0.200. The van der Waals surface area contributed by atoms with Crippen molar-refractivity contribution in [1.29, 1.82) is 0 Å². The van der Waals surface area contributed by atoms with E-state index in [1.165, 1.54) is 6.26 Å². The first kappa shape index (κ1) is 21.2. The van der Waals surface area contributed by atoms with Crippen molar-refractivity contribution < 1.29 is 22.4 Å². The van der Waals surface area contributed by atoms with Gasteiger partial charge in [0.15, 0.2) is 9.84 Å². The molecule has 1 aromatic carbocycles. The number of benzene rings is 1. The predicted molar refractivity (Wildman–Crippen MR) is 112 cm³/mol. The van der Waals surface area contributed by atoms with E-state index in [9.17, 15) is 13.2 Å². The maximum atomic E-state index is 12.6. The molecule has 0 unspecified atom stereocenters. The smallest absolute Gasteiger partial charge is 0.321 e. The summed E-state index contributed by atoms with van der Waals surface area (Å²) in [6.07, 6.45) is 4.42. The van der Waals surface area contributed by atoms with Crippen LogP contribution in [0.25, 0.3) is 0 Å². The number of unbranched alkanes of at least 4 members (excludes halogenated alkanes) is 1. The highest BCUT2D eigenvalue weighted by atomic mass is 32.2. The van der Waals surface area contributed by atoms with Crippen molar-refractivity contribution in [3.63, 3.8) is 0 Å². The Labute approximate surface area is 172 Å². The Morgan fingerprint density at radius 2 is 1.93 bits per heavy atom. The molecule has 0 spiro atoms. The van der Waals surface area contributed by atoms with Gasteiger partial charge in [-0.05, 0) is 55.7 Å². The number of furan rings is 1.